The number of rotatable bonds is 3. The molecule has 0 bridgehead atoms. The zero-order chi connectivity index (χ0) is 27.5. The Kier molecular flexibility index (Phi) is 8.71. The number of carboxylic acid groups (broad SMARTS) is 1. The fourth-order valence-corrected chi connectivity index (χ4v) is 4.91. The molecule has 1 aromatic carbocycles. The molecule has 0 spiro atoms. The second kappa shape index (κ2) is 11.2. The van der Waals surface area contributed by atoms with Crippen molar-refractivity contribution in [1.82, 2.24) is 15.2 Å². The molecule has 1 aromatic heterocycles. The van der Waals surface area contributed by atoms with Crippen molar-refractivity contribution < 1.29 is 32.6 Å². The first-order valence-corrected chi connectivity index (χ1v) is 12.0. The van der Waals surface area contributed by atoms with Crippen LogP contribution in [0.1, 0.15) is 38.7 Å². The van der Waals surface area contributed by atoms with Crippen LogP contribution in [0, 0.1) is 5.41 Å². The van der Waals surface area contributed by atoms with Gasteiger partial charge in [-0.15, -0.1) is 0 Å². The van der Waals surface area contributed by atoms with E-state index in [9.17, 15) is 18.0 Å². The summed E-state index contributed by atoms with van der Waals surface area (Å²) in [6.07, 6.45) is -1.66. The number of halogens is 5. The summed E-state index contributed by atoms with van der Waals surface area (Å²) in [5, 5.41) is 19.9. The number of aromatic nitrogens is 1. The molecular formula is C24H25Cl2F3N4O4. The van der Waals surface area contributed by atoms with Gasteiger partial charge in [0.25, 0.3) is 0 Å². The molecule has 1 amide bonds. The van der Waals surface area contributed by atoms with Crippen LogP contribution in [0.2, 0.25) is 10.2 Å². The second-order valence-electron chi connectivity index (χ2n) is 8.95. The van der Waals surface area contributed by atoms with Crippen LogP contribution in [-0.2, 0) is 19.9 Å². The van der Waals surface area contributed by atoms with Crippen molar-refractivity contribution in [2.75, 3.05) is 6.61 Å². The number of aliphatic carboxylic acids is 1. The maximum Gasteiger partial charge on any atom is 0.490 e. The van der Waals surface area contributed by atoms with Gasteiger partial charge in [-0.3, -0.25) is 15.1 Å². The summed E-state index contributed by atoms with van der Waals surface area (Å²) in [7, 11) is 0. The molecule has 200 valence electrons. The number of hydrogen-bond acceptors (Lipinski definition) is 5. The number of ether oxygens (including phenoxy) is 1. The first-order chi connectivity index (χ1) is 17.2. The van der Waals surface area contributed by atoms with E-state index in [1.807, 2.05) is 38.1 Å². The number of carbonyl (C=O) groups is 2. The summed E-state index contributed by atoms with van der Waals surface area (Å²) in [5.41, 5.74) is 1.63. The zero-order valence-electron chi connectivity index (χ0n) is 19.9. The molecule has 2 aliphatic heterocycles. The SMILES string of the molecule is C[C@H]1C[C@@H](N2C(=N)N[C@](C)(c3cccc(-c4ccc(Cl)nc4)c3Cl)CC2=O)CCO1.O=C(O)C(F)(F)F. The minimum atomic E-state index is -5.08. The molecule has 3 heterocycles. The average Bonchev–Trinajstić information content (AvgIpc) is 2.79. The molecule has 13 heteroatoms. The minimum Gasteiger partial charge on any atom is -0.475 e. The molecule has 0 unspecified atom stereocenters. The van der Waals surface area contributed by atoms with E-state index in [4.69, 9.17) is 43.2 Å². The number of guanidine groups is 1. The molecule has 3 N–H and O–H groups in total. The molecule has 0 saturated carbocycles. The Morgan fingerprint density at radius 3 is 2.51 bits per heavy atom. The fourth-order valence-electron chi connectivity index (χ4n) is 4.35. The fraction of sp³-hybridized carbons (Fsp3) is 0.417. The van der Waals surface area contributed by atoms with Crippen molar-refractivity contribution >= 4 is 41.0 Å². The van der Waals surface area contributed by atoms with Gasteiger partial charge >= 0.3 is 12.1 Å². The Morgan fingerprint density at radius 2 is 1.97 bits per heavy atom. The van der Waals surface area contributed by atoms with E-state index in [0.29, 0.717) is 16.8 Å². The summed E-state index contributed by atoms with van der Waals surface area (Å²) in [4.78, 5) is 27.8. The number of amides is 1. The van der Waals surface area contributed by atoms with Gasteiger partial charge in [-0.05, 0) is 44.4 Å². The molecule has 2 fully saturated rings. The van der Waals surface area contributed by atoms with Crippen LogP contribution in [0.25, 0.3) is 11.1 Å². The third-order valence-electron chi connectivity index (χ3n) is 6.11. The highest BCUT2D eigenvalue weighted by molar-refractivity contribution is 6.34. The van der Waals surface area contributed by atoms with E-state index in [-0.39, 0.29) is 30.4 Å². The highest BCUT2D eigenvalue weighted by Gasteiger charge is 2.44. The predicted molar refractivity (Wildman–Crippen MR) is 131 cm³/mol. The highest BCUT2D eigenvalue weighted by Crippen LogP contribution is 2.39. The van der Waals surface area contributed by atoms with Gasteiger partial charge in [0.1, 0.15) is 5.15 Å². The summed E-state index contributed by atoms with van der Waals surface area (Å²) in [6.45, 7) is 4.51. The molecule has 0 aliphatic carbocycles. The van der Waals surface area contributed by atoms with Crippen LogP contribution in [0.5, 0.6) is 0 Å². The Hall–Kier alpha value is -2.89. The summed E-state index contributed by atoms with van der Waals surface area (Å²) in [6, 6.07) is 9.26. The standard InChI is InChI=1S/C22H24Cl2N4O2.C2HF3O2/c1-13-10-15(8-9-30-13)28-19(29)11-22(2,27-21(28)25)17-5-3-4-16(20(17)24)14-6-7-18(23)26-12-14;3-2(4,5)1(6)7/h3-7,12-13,15H,8-11H2,1-2H3,(H2,25,27);(H,6,7)/t13-,15-,22-;/m0./s1. The van der Waals surface area contributed by atoms with Gasteiger partial charge in [0, 0.05) is 30.0 Å². The third-order valence-corrected chi connectivity index (χ3v) is 6.74. The largest absolute Gasteiger partial charge is 0.490 e. The second-order valence-corrected chi connectivity index (χ2v) is 9.71. The van der Waals surface area contributed by atoms with E-state index >= 15 is 0 Å². The van der Waals surface area contributed by atoms with Crippen LogP contribution < -0.4 is 5.32 Å². The van der Waals surface area contributed by atoms with Crippen LogP contribution in [0.15, 0.2) is 36.5 Å². The quantitative estimate of drug-likeness (QED) is 0.443. The predicted octanol–water partition coefficient (Wildman–Crippen LogP) is 5.23. The van der Waals surface area contributed by atoms with Gasteiger partial charge in [0.2, 0.25) is 5.91 Å². The van der Waals surface area contributed by atoms with Crippen molar-refractivity contribution in [2.24, 2.45) is 0 Å². The number of hydrogen-bond donors (Lipinski definition) is 3. The van der Waals surface area contributed by atoms with Gasteiger partial charge in [-0.25, -0.2) is 9.78 Å². The number of alkyl halides is 3. The van der Waals surface area contributed by atoms with Crippen LogP contribution in [0.4, 0.5) is 13.2 Å². The molecule has 4 rings (SSSR count). The van der Waals surface area contributed by atoms with E-state index in [1.165, 1.54) is 0 Å². The Labute approximate surface area is 221 Å². The lowest BCUT2D eigenvalue weighted by molar-refractivity contribution is -0.192. The number of nitrogens with zero attached hydrogens (tertiary/aromatic N) is 2. The molecule has 37 heavy (non-hydrogen) atoms. The van der Waals surface area contributed by atoms with Crippen molar-refractivity contribution in [3.8, 4) is 11.1 Å². The van der Waals surface area contributed by atoms with Crippen molar-refractivity contribution in [1.29, 1.82) is 5.41 Å². The van der Waals surface area contributed by atoms with Crippen LogP contribution in [-0.4, -0.2) is 57.8 Å². The number of benzene rings is 1. The smallest absolute Gasteiger partial charge is 0.475 e. The molecule has 2 aliphatic rings. The topological polar surface area (TPSA) is 116 Å². The normalized spacial score (nSPS) is 24.1. The Balaban J connectivity index is 0.000000479. The van der Waals surface area contributed by atoms with E-state index in [2.05, 4.69) is 10.3 Å². The molecule has 3 atom stereocenters. The van der Waals surface area contributed by atoms with Gasteiger partial charge in [0.15, 0.2) is 5.96 Å². The first kappa shape index (κ1) is 28.7. The lowest BCUT2D eigenvalue weighted by atomic mass is 9.84. The summed E-state index contributed by atoms with van der Waals surface area (Å²) < 4.78 is 37.3. The molecular weight excluding hydrogens is 536 g/mol. The summed E-state index contributed by atoms with van der Waals surface area (Å²) in [5.74, 6) is -2.72. The number of carbonyl (C=O) groups excluding carboxylic acids is 1. The van der Waals surface area contributed by atoms with Crippen LogP contribution >= 0.6 is 23.2 Å². The maximum atomic E-state index is 13.1. The molecule has 2 saturated heterocycles. The molecule has 8 nitrogen and oxygen atoms in total. The minimum absolute atomic E-state index is 0.0206. The monoisotopic (exact) mass is 560 g/mol. The third kappa shape index (κ3) is 6.71. The highest BCUT2D eigenvalue weighted by atomic mass is 35.5. The molecule has 2 aromatic rings. The van der Waals surface area contributed by atoms with Crippen LogP contribution in [0.3, 0.4) is 0 Å². The lowest BCUT2D eigenvalue weighted by Gasteiger charge is -2.45. The Bertz CT molecular complexity index is 1160. The zero-order valence-corrected chi connectivity index (χ0v) is 21.4. The maximum absolute atomic E-state index is 13.1. The van der Waals surface area contributed by atoms with Crippen molar-refractivity contribution in [2.45, 2.75) is 57.0 Å². The van der Waals surface area contributed by atoms with Gasteiger partial charge in [-0.1, -0.05) is 41.4 Å². The van der Waals surface area contributed by atoms with Crippen molar-refractivity contribution in [3.05, 3.63) is 52.3 Å². The van der Waals surface area contributed by atoms with Gasteiger partial charge in [-0.2, -0.15) is 13.2 Å². The number of pyridine rings is 1. The van der Waals surface area contributed by atoms with Gasteiger partial charge in [0.05, 0.1) is 23.1 Å². The number of carboxylic acids is 1. The van der Waals surface area contributed by atoms with E-state index < -0.39 is 17.7 Å². The lowest BCUT2D eigenvalue weighted by Crippen LogP contribution is -2.63. The summed E-state index contributed by atoms with van der Waals surface area (Å²) >= 11 is 12.7. The Morgan fingerprint density at radius 1 is 1.30 bits per heavy atom. The van der Waals surface area contributed by atoms with Crippen molar-refractivity contribution in [3.63, 3.8) is 0 Å². The molecule has 0 radical (unpaired) electrons. The average molecular weight is 561 g/mol. The first-order valence-electron chi connectivity index (χ1n) is 11.2. The number of nitrogens with one attached hydrogen (secondary N) is 2. The van der Waals surface area contributed by atoms with E-state index in [0.717, 1.165) is 29.5 Å². The van der Waals surface area contributed by atoms with E-state index in [1.54, 1.807) is 17.2 Å². The van der Waals surface area contributed by atoms with Gasteiger partial charge < -0.3 is 15.2 Å².